The third-order valence-electron chi connectivity index (χ3n) is 2.62. The molecule has 1 aromatic heterocycles. The summed E-state index contributed by atoms with van der Waals surface area (Å²) in [6.45, 7) is 3.77. The molecular formula is C12H14Br2N4O. The van der Waals surface area contributed by atoms with Crippen LogP contribution in [0, 0.1) is 0 Å². The fourth-order valence-corrected chi connectivity index (χ4v) is 2.86. The highest BCUT2D eigenvalue weighted by molar-refractivity contribution is 9.11. The smallest absolute Gasteiger partial charge is 0.135 e. The summed E-state index contributed by atoms with van der Waals surface area (Å²) in [5.41, 5.74) is 7.04. The first-order chi connectivity index (χ1) is 8.82. The van der Waals surface area contributed by atoms with E-state index in [-0.39, 0.29) is 0 Å². The van der Waals surface area contributed by atoms with Gasteiger partial charge in [-0.15, -0.1) is 5.10 Å². The molecule has 2 N–H and O–H groups in total. The van der Waals surface area contributed by atoms with E-state index >= 15 is 0 Å². The van der Waals surface area contributed by atoms with Crippen LogP contribution in [0.3, 0.4) is 0 Å². The van der Waals surface area contributed by atoms with E-state index in [0.717, 1.165) is 26.1 Å². The maximum atomic E-state index is 6.01. The van der Waals surface area contributed by atoms with Crippen molar-refractivity contribution < 1.29 is 4.74 Å². The van der Waals surface area contributed by atoms with Crippen LogP contribution in [-0.2, 0) is 5.54 Å². The number of rotatable bonds is 3. The van der Waals surface area contributed by atoms with Crippen molar-refractivity contribution in [3.05, 3.63) is 33.0 Å². The van der Waals surface area contributed by atoms with Gasteiger partial charge in [0.05, 0.1) is 29.0 Å². The van der Waals surface area contributed by atoms with E-state index in [2.05, 4.69) is 42.2 Å². The lowest BCUT2D eigenvalue weighted by Crippen LogP contribution is -2.29. The Kier molecular flexibility index (Phi) is 3.98. The number of hydrogen-bond donors (Lipinski definition) is 1. The van der Waals surface area contributed by atoms with Gasteiger partial charge in [0.15, 0.2) is 0 Å². The molecule has 0 saturated carbocycles. The van der Waals surface area contributed by atoms with Gasteiger partial charge in [0, 0.05) is 10.5 Å². The molecule has 0 bridgehead atoms. The Morgan fingerprint density at radius 1 is 1.26 bits per heavy atom. The predicted octanol–water partition coefficient (Wildman–Crippen LogP) is 2.99. The molecule has 0 atom stereocenters. The standard InChI is InChI=1S/C12H14Br2N4O/c1-12(2,15)11-6-18(17-16-11)9-5-10(19-3)8(14)4-7(9)13/h4-6H,15H2,1-3H3. The van der Waals surface area contributed by atoms with Crippen LogP contribution in [0.2, 0.25) is 0 Å². The lowest BCUT2D eigenvalue weighted by Gasteiger charge is -2.13. The summed E-state index contributed by atoms with van der Waals surface area (Å²) >= 11 is 6.93. The molecule has 19 heavy (non-hydrogen) atoms. The molecule has 0 aliphatic rings. The lowest BCUT2D eigenvalue weighted by molar-refractivity contribution is 0.411. The molecule has 2 rings (SSSR count). The van der Waals surface area contributed by atoms with Crippen LogP contribution in [0.5, 0.6) is 5.75 Å². The fourth-order valence-electron chi connectivity index (χ4n) is 1.53. The molecule has 0 fully saturated rings. The number of ether oxygens (including phenoxy) is 1. The van der Waals surface area contributed by atoms with Gasteiger partial charge in [-0.05, 0) is 51.8 Å². The first-order valence-electron chi connectivity index (χ1n) is 5.58. The minimum Gasteiger partial charge on any atom is -0.495 e. The van der Waals surface area contributed by atoms with E-state index in [9.17, 15) is 0 Å². The Morgan fingerprint density at radius 3 is 2.47 bits per heavy atom. The van der Waals surface area contributed by atoms with Crippen molar-refractivity contribution in [3.8, 4) is 11.4 Å². The van der Waals surface area contributed by atoms with Crippen LogP contribution in [-0.4, -0.2) is 22.1 Å². The monoisotopic (exact) mass is 388 g/mol. The molecule has 0 amide bonds. The molecule has 0 aliphatic heterocycles. The van der Waals surface area contributed by atoms with Gasteiger partial charge in [-0.25, -0.2) is 4.68 Å². The Labute approximate surface area is 128 Å². The zero-order valence-corrected chi connectivity index (χ0v) is 14.0. The third-order valence-corrected chi connectivity index (χ3v) is 3.88. The highest BCUT2D eigenvalue weighted by atomic mass is 79.9. The number of halogens is 2. The van der Waals surface area contributed by atoms with Gasteiger partial charge in [0.1, 0.15) is 11.4 Å². The first kappa shape index (κ1) is 14.5. The molecule has 0 radical (unpaired) electrons. The van der Waals surface area contributed by atoms with Gasteiger partial charge >= 0.3 is 0 Å². The maximum absolute atomic E-state index is 6.01. The van der Waals surface area contributed by atoms with Gasteiger partial charge in [-0.2, -0.15) is 0 Å². The number of aromatic nitrogens is 3. The Bertz CT molecular complexity index is 604. The predicted molar refractivity (Wildman–Crippen MR) is 80.5 cm³/mol. The molecule has 102 valence electrons. The van der Waals surface area contributed by atoms with Crippen molar-refractivity contribution in [2.75, 3.05) is 7.11 Å². The van der Waals surface area contributed by atoms with Crippen LogP contribution in [0.1, 0.15) is 19.5 Å². The molecule has 0 saturated heterocycles. The normalized spacial score (nSPS) is 11.7. The van der Waals surface area contributed by atoms with E-state index in [0.29, 0.717) is 0 Å². The highest BCUT2D eigenvalue weighted by Crippen LogP contribution is 2.33. The molecule has 1 heterocycles. The van der Waals surface area contributed by atoms with E-state index in [4.69, 9.17) is 10.5 Å². The van der Waals surface area contributed by atoms with Crippen molar-refractivity contribution in [1.82, 2.24) is 15.0 Å². The summed E-state index contributed by atoms with van der Waals surface area (Å²) in [6, 6.07) is 3.78. The van der Waals surface area contributed by atoms with Crippen molar-refractivity contribution in [2.45, 2.75) is 19.4 Å². The molecule has 0 unspecified atom stereocenters. The zero-order chi connectivity index (χ0) is 14.2. The zero-order valence-electron chi connectivity index (χ0n) is 10.8. The van der Waals surface area contributed by atoms with Crippen molar-refractivity contribution in [2.24, 2.45) is 5.73 Å². The van der Waals surface area contributed by atoms with Crippen LogP contribution in [0.15, 0.2) is 27.3 Å². The molecule has 2 aromatic rings. The maximum Gasteiger partial charge on any atom is 0.135 e. The average molecular weight is 390 g/mol. The average Bonchev–Trinajstić information content (AvgIpc) is 2.78. The lowest BCUT2D eigenvalue weighted by atomic mass is 10.0. The van der Waals surface area contributed by atoms with E-state index in [1.165, 1.54) is 0 Å². The minimum absolute atomic E-state index is 0.524. The van der Waals surface area contributed by atoms with Crippen molar-refractivity contribution >= 4 is 31.9 Å². The second-order valence-electron chi connectivity index (χ2n) is 4.71. The number of methoxy groups -OCH3 is 1. The summed E-state index contributed by atoms with van der Waals surface area (Å²) in [5.74, 6) is 0.724. The minimum atomic E-state index is -0.524. The second-order valence-corrected chi connectivity index (χ2v) is 6.42. The Morgan fingerprint density at radius 2 is 1.95 bits per heavy atom. The number of benzene rings is 1. The van der Waals surface area contributed by atoms with Crippen LogP contribution < -0.4 is 10.5 Å². The summed E-state index contributed by atoms with van der Waals surface area (Å²) < 4.78 is 8.70. The molecule has 0 spiro atoms. The van der Waals surface area contributed by atoms with E-state index in [1.807, 2.05) is 32.2 Å². The van der Waals surface area contributed by atoms with Gasteiger partial charge in [-0.3, -0.25) is 0 Å². The third kappa shape index (κ3) is 2.98. The molecule has 7 heteroatoms. The Balaban J connectivity index is 2.50. The second kappa shape index (κ2) is 5.22. The van der Waals surface area contributed by atoms with Crippen LogP contribution >= 0.6 is 31.9 Å². The van der Waals surface area contributed by atoms with Gasteiger partial charge < -0.3 is 10.5 Å². The van der Waals surface area contributed by atoms with Gasteiger partial charge in [-0.1, -0.05) is 5.21 Å². The summed E-state index contributed by atoms with van der Waals surface area (Å²) in [6.07, 6.45) is 1.81. The topological polar surface area (TPSA) is 66.0 Å². The largest absolute Gasteiger partial charge is 0.495 e. The SMILES string of the molecule is COc1cc(-n2cc(C(C)(C)N)nn2)c(Br)cc1Br. The van der Waals surface area contributed by atoms with E-state index in [1.54, 1.807) is 11.8 Å². The van der Waals surface area contributed by atoms with Gasteiger partial charge in [0.2, 0.25) is 0 Å². The summed E-state index contributed by atoms with van der Waals surface area (Å²) in [4.78, 5) is 0. The molecule has 5 nitrogen and oxygen atoms in total. The number of nitrogens with zero attached hydrogens (tertiary/aromatic N) is 3. The summed E-state index contributed by atoms with van der Waals surface area (Å²) in [5, 5.41) is 8.20. The van der Waals surface area contributed by atoms with E-state index < -0.39 is 5.54 Å². The molecular weight excluding hydrogens is 376 g/mol. The van der Waals surface area contributed by atoms with Crippen molar-refractivity contribution in [3.63, 3.8) is 0 Å². The Hall–Kier alpha value is -0.920. The fraction of sp³-hybridized carbons (Fsp3) is 0.333. The quantitative estimate of drug-likeness (QED) is 0.876. The van der Waals surface area contributed by atoms with Gasteiger partial charge in [0.25, 0.3) is 0 Å². The van der Waals surface area contributed by atoms with Crippen molar-refractivity contribution in [1.29, 1.82) is 0 Å². The first-order valence-corrected chi connectivity index (χ1v) is 7.16. The summed E-state index contributed by atoms with van der Waals surface area (Å²) in [7, 11) is 1.62. The molecule has 1 aromatic carbocycles. The highest BCUT2D eigenvalue weighted by Gasteiger charge is 2.19. The molecule has 0 aliphatic carbocycles. The van der Waals surface area contributed by atoms with Crippen LogP contribution in [0.25, 0.3) is 5.69 Å². The number of nitrogens with two attached hydrogens (primary N) is 1. The van der Waals surface area contributed by atoms with Crippen LogP contribution in [0.4, 0.5) is 0 Å². The number of hydrogen-bond acceptors (Lipinski definition) is 4.